The zero-order valence-corrected chi connectivity index (χ0v) is 6.17. The molecule has 0 bridgehead atoms. The van der Waals surface area contributed by atoms with Gasteiger partial charge in [-0.2, -0.15) is 0 Å². The molecule has 1 atom stereocenters. The number of aliphatic hydroxyl groups excluding tert-OH is 1. The summed E-state index contributed by atoms with van der Waals surface area (Å²) in [4.78, 5) is 2.32. The molecule has 9 heavy (non-hydrogen) atoms. The van der Waals surface area contributed by atoms with Crippen LogP contribution < -0.4 is 0 Å². The standard InChI is InChI=1S/C7H15NO/c1-6(2)8-4-3-7(8)5-9/h6-7,9H,3-5H2,1-2H3/t7-/m0/s1. The highest BCUT2D eigenvalue weighted by atomic mass is 16.3. The Labute approximate surface area is 56.5 Å². The van der Waals surface area contributed by atoms with Gasteiger partial charge >= 0.3 is 0 Å². The minimum atomic E-state index is 0.332. The van der Waals surface area contributed by atoms with Crippen LogP contribution in [-0.2, 0) is 0 Å². The predicted octanol–water partition coefficient (Wildman–Crippen LogP) is 0.461. The van der Waals surface area contributed by atoms with Crippen molar-refractivity contribution in [2.45, 2.75) is 32.4 Å². The van der Waals surface area contributed by atoms with Gasteiger partial charge in [0, 0.05) is 18.6 Å². The monoisotopic (exact) mass is 129 g/mol. The second-order valence-electron chi connectivity index (χ2n) is 2.96. The van der Waals surface area contributed by atoms with Crippen LogP contribution in [0, 0.1) is 0 Å². The quantitative estimate of drug-likeness (QED) is 0.585. The highest BCUT2D eigenvalue weighted by Gasteiger charge is 2.28. The van der Waals surface area contributed by atoms with E-state index < -0.39 is 0 Å². The lowest BCUT2D eigenvalue weighted by molar-refractivity contribution is 0.0171. The topological polar surface area (TPSA) is 23.5 Å². The number of hydrogen-bond acceptors (Lipinski definition) is 2. The van der Waals surface area contributed by atoms with Crippen molar-refractivity contribution in [3.8, 4) is 0 Å². The van der Waals surface area contributed by atoms with Gasteiger partial charge in [0.2, 0.25) is 0 Å². The molecular formula is C7H15NO. The third-order valence-electron chi connectivity index (χ3n) is 2.06. The van der Waals surface area contributed by atoms with E-state index in [2.05, 4.69) is 18.7 Å². The Morgan fingerprint density at radius 3 is 2.44 bits per heavy atom. The number of nitrogens with zero attached hydrogens (tertiary/aromatic N) is 1. The summed E-state index contributed by atoms with van der Waals surface area (Å²) in [5, 5.41) is 8.76. The molecule has 1 heterocycles. The van der Waals surface area contributed by atoms with E-state index in [9.17, 15) is 0 Å². The average molecular weight is 129 g/mol. The van der Waals surface area contributed by atoms with Gasteiger partial charge in [-0.25, -0.2) is 0 Å². The van der Waals surface area contributed by atoms with Crippen molar-refractivity contribution < 1.29 is 5.11 Å². The molecule has 0 aromatic rings. The minimum absolute atomic E-state index is 0.332. The van der Waals surface area contributed by atoms with Gasteiger partial charge in [0.25, 0.3) is 0 Å². The SMILES string of the molecule is CC(C)N1CC[C@H]1CO. The second kappa shape index (κ2) is 2.67. The summed E-state index contributed by atoms with van der Waals surface area (Å²) in [5.74, 6) is 0. The van der Waals surface area contributed by atoms with Crippen LogP contribution in [0.3, 0.4) is 0 Å². The van der Waals surface area contributed by atoms with Crippen LogP contribution in [0.2, 0.25) is 0 Å². The summed E-state index contributed by atoms with van der Waals surface area (Å²) in [7, 11) is 0. The van der Waals surface area contributed by atoms with E-state index in [-0.39, 0.29) is 0 Å². The number of likely N-dealkylation sites (tertiary alicyclic amines) is 1. The molecular weight excluding hydrogens is 114 g/mol. The fraction of sp³-hybridized carbons (Fsp3) is 1.00. The van der Waals surface area contributed by atoms with Gasteiger partial charge in [0.1, 0.15) is 0 Å². The molecule has 0 aromatic carbocycles. The van der Waals surface area contributed by atoms with Gasteiger partial charge in [0.05, 0.1) is 6.61 Å². The fourth-order valence-electron chi connectivity index (χ4n) is 1.34. The first-order valence-corrected chi connectivity index (χ1v) is 3.62. The largest absolute Gasteiger partial charge is 0.395 e. The third kappa shape index (κ3) is 1.25. The summed E-state index contributed by atoms with van der Waals surface area (Å²) in [6, 6.07) is 1.07. The molecule has 1 aliphatic rings. The van der Waals surface area contributed by atoms with E-state index in [0.717, 1.165) is 0 Å². The average Bonchev–Trinajstić information content (AvgIpc) is 1.61. The van der Waals surface area contributed by atoms with Crippen molar-refractivity contribution in [2.75, 3.05) is 13.2 Å². The second-order valence-corrected chi connectivity index (χ2v) is 2.96. The summed E-state index contributed by atoms with van der Waals surface area (Å²) in [6.07, 6.45) is 1.18. The van der Waals surface area contributed by atoms with Crippen LogP contribution in [0.1, 0.15) is 20.3 Å². The molecule has 2 heteroatoms. The van der Waals surface area contributed by atoms with Crippen LogP contribution in [0.15, 0.2) is 0 Å². The van der Waals surface area contributed by atoms with Gasteiger partial charge in [-0.1, -0.05) is 0 Å². The lowest BCUT2D eigenvalue weighted by Crippen LogP contribution is -2.53. The first-order chi connectivity index (χ1) is 4.25. The zero-order chi connectivity index (χ0) is 6.85. The minimum Gasteiger partial charge on any atom is -0.395 e. The molecule has 1 N–H and O–H groups in total. The van der Waals surface area contributed by atoms with Crippen molar-refractivity contribution in [3.05, 3.63) is 0 Å². The van der Waals surface area contributed by atoms with Crippen molar-refractivity contribution >= 4 is 0 Å². The fourth-order valence-corrected chi connectivity index (χ4v) is 1.34. The van der Waals surface area contributed by atoms with Crippen LogP contribution in [0.25, 0.3) is 0 Å². The van der Waals surface area contributed by atoms with Gasteiger partial charge in [-0.15, -0.1) is 0 Å². The van der Waals surface area contributed by atoms with Crippen LogP contribution in [-0.4, -0.2) is 35.2 Å². The van der Waals surface area contributed by atoms with E-state index in [0.29, 0.717) is 18.7 Å². The molecule has 0 amide bonds. The molecule has 0 aliphatic carbocycles. The molecule has 0 saturated carbocycles. The van der Waals surface area contributed by atoms with E-state index in [1.165, 1.54) is 13.0 Å². The van der Waals surface area contributed by atoms with Gasteiger partial charge in [0.15, 0.2) is 0 Å². The maximum absolute atomic E-state index is 8.76. The molecule has 0 aromatic heterocycles. The maximum atomic E-state index is 8.76. The Morgan fingerprint density at radius 2 is 2.33 bits per heavy atom. The highest BCUT2D eigenvalue weighted by Crippen LogP contribution is 2.18. The first-order valence-electron chi connectivity index (χ1n) is 3.62. The van der Waals surface area contributed by atoms with E-state index in [1.807, 2.05) is 0 Å². The summed E-state index contributed by atoms with van der Waals surface area (Å²) in [6.45, 7) is 5.84. The summed E-state index contributed by atoms with van der Waals surface area (Å²) < 4.78 is 0. The van der Waals surface area contributed by atoms with Crippen molar-refractivity contribution in [2.24, 2.45) is 0 Å². The van der Waals surface area contributed by atoms with E-state index in [4.69, 9.17) is 5.11 Å². The molecule has 0 spiro atoms. The van der Waals surface area contributed by atoms with E-state index in [1.54, 1.807) is 0 Å². The third-order valence-corrected chi connectivity index (χ3v) is 2.06. The number of aliphatic hydroxyl groups is 1. The van der Waals surface area contributed by atoms with Crippen molar-refractivity contribution in [1.29, 1.82) is 0 Å². The molecule has 1 rings (SSSR count). The molecule has 2 nitrogen and oxygen atoms in total. The Balaban J connectivity index is 2.27. The maximum Gasteiger partial charge on any atom is 0.0587 e. The molecule has 0 radical (unpaired) electrons. The van der Waals surface area contributed by atoms with Gasteiger partial charge < -0.3 is 5.11 Å². The molecule has 1 saturated heterocycles. The Bertz CT molecular complexity index is 90.9. The predicted molar refractivity (Wildman–Crippen MR) is 37.3 cm³/mol. The Kier molecular flexibility index (Phi) is 2.09. The van der Waals surface area contributed by atoms with E-state index >= 15 is 0 Å². The Morgan fingerprint density at radius 1 is 1.67 bits per heavy atom. The highest BCUT2D eigenvalue weighted by molar-refractivity contribution is 4.83. The summed E-state index contributed by atoms with van der Waals surface area (Å²) in [5.41, 5.74) is 0. The van der Waals surface area contributed by atoms with Gasteiger partial charge in [-0.05, 0) is 20.3 Å². The number of hydrogen-bond donors (Lipinski definition) is 1. The van der Waals surface area contributed by atoms with Crippen LogP contribution in [0.5, 0.6) is 0 Å². The lowest BCUT2D eigenvalue weighted by atomic mass is 10.0. The normalized spacial score (nSPS) is 28.7. The van der Waals surface area contributed by atoms with Crippen LogP contribution >= 0.6 is 0 Å². The molecule has 1 fully saturated rings. The smallest absolute Gasteiger partial charge is 0.0587 e. The summed E-state index contributed by atoms with van der Waals surface area (Å²) >= 11 is 0. The Hall–Kier alpha value is -0.0800. The van der Waals surface area contributed by atoms with Crippen LogP contribution in [0.4, 0.5) is 0 Å². The first kappa shape index (κ1) is 7.03. The molecule has 0 unspecified atom stereocenters. The van der Waals surface area contributed by atoms with Crippen molar-refractivity contribution in [1.82, 2.24) is 4.90 Å². The van der Waals surface area contributed by atoms with Gasteiger partial charge in [-0.3, -0.25) is 4.90 Å². The van der Waals surface area contributed by atoms with Crippen molar-refractivity contribution in [3.63, 3.8) is 0 Å². The number of rotatable bonds is 2. The zero-order valence-electron chi connectivity index (χ0n) is 6.17. The lowest BCUT2D eigenvalue weighted by Gasteiger charge is -2.42. The molecule has 1 aliphatic heterocycles. The molecule has 54 valence electrons.